The smallest absolute Gasteiger partial charge is 0.222 e. The Hall–Kier alpha value is -1.36. The third kappa shape index (κ3) is 3.20. The number of anilines is 2. The molecule has 5 N–H and O–H groups in total. The molecule has 20 heavy (non-hydrogen) atoms. The number of nitrogens with two attached hydrogens (primary N) is 2. The number of aromatic nitrogens is 2. The van der Waals surface area contributed by atoms with Gasteiger partial charge in [0, 0.05) is 24.6 Å². The maximum Gasteiger partial charge on any atom is 0.222 e. The molecular weight excluding hydrogens is 250 g/mol. The van der Waals surface area contributed by atoms with Gasteiger partial charge in [-0.25, -0.2) is 4.98 Å². The van der Waals surface area contributed by atoms with Gasteiger partial charge < -0.3 is 16.8 Å². The maximum absolute atomic E-state index is 5.84. The minimum absolute atomic E-state index is 0.329. The standard InChI is InChI=1S/C15H25N5/c16-12-7-11(8-12)13-9-14(20-15(17)19-13)18-6-5-10-3-1-2-4-10/h9-12H,1-8,16H2,(H3,17,18,19,20). The summed E-state index contributed by atoms with van der Waals surface area (Å²) in [6, 6.07) is 2.37. The highest BCUT2D eigenvalue weighted by atomic mass is 15.1. The molecule has 0 radical (unpaired) electrons. The van der Waals surface area contributed by atoms with E-state index in [2.05, 4.69) is 15.3 Å². The van der Waals surface area contributed by atoms with Crippen molar-refractivity contribution in [3.8, 4) is 0 Å². The van der Waals surface area contributed by atoms with Crippen LogP contribution >= 0.6 is 0 Å². The lowest BCUT2D eigenvalue weighted by Crippen LogP contribution is -2.35. The zero-order chi connectivity index (χ0) is 13.9. The molecule has 110 valence electrons. The summed E-state index contributed by atoms with van der Waals surface area (Å²) in [5, 5.41) is 3.40. The summed E-state index contributed by atoms with van der Waals surface area (Å²) in [6.07, 6.45) is 8.83. The molecule has 2 saturated carbocycles. The third-order valence-corrected chi connectivity index (χ3v) is 4.69. The molecule has 0 amide bonds. The molecule has 0 aromatic carbocycles. The predicted molar refractivity (Wildman–Crippen MR) is 81.5 cm³/mol. The Morgan fingerprint density at radius 2 is 1.95 bits per heavy atom. The normalized spacial score (nSPS) is 26.4. The van der Waals surface area contributed by atoms with Gasteiger partial charge in [-0.1, -0.05) is 25.7 Å². The zero-order valence-corrected chi connectivity index (χ0v) is 12.0. The summed E-state index contributed by atoms with van der Waals surface area (Å²) < 4.78 is 0. The van der Waals surface area contributed by atoms with E-state index in [0.717, 1.165) is 36.8 Å². The fraction of sp³-hybridized carbons (Fsp3) is 0.733. The second-order valence-corrected chi connectivity index (χ2v) is 6.33. The maximum atomic E-state index is 5.84. The molecule has 5 nitrogen and oxygen atoms in total. The van der Waals surface area contributed by atoms with E-state index in [-0.39, 0.29) is 0 Å². The Morgan fingerprint density at radius 1 is 1.20 bits per heavy atom. The van der Waals surface area contributed by atoms with Gasteiger partial charge in [0.05, 0.1) is 5.69 Å². The molecule has 1 heterocycles. The SMILES string of the molecule is Nc1nc(NCCC2CCCC2)cc(C2CC(N)C2)n1. The monoisotopic (exact) mass is 275 g/mol. The van der Waals surface area contributed by atoms with Crippen LogP contribution in [-0.2, 0) is 0 Å². The Kier molecular flexibility index (Phi) is 4.05. The summed E-state index contributed by atoms with van der Waals surface area (Å²) in [4.78, 5) is 8.63. The summed E-state index contributed by atoms with van der Waals surface area (Å²) in [7, 11) is 0. The van der Waals surface area contributed by atoms with E-state index in [1.807, 2.05) is 6.07 Å². The van der Waals surface area contributed by atoms with E-state index in [4.69, 9.17) is 11.5 Å². The lowest BCUT2D eigenvalue weighted by Gasteiger charge is -2.32. The molecule has 0 unspecified atom stereocenters. The van der Waals surface area contributed by atoms with Crippen molar-refractivity contribution in [1.82, 2.24) is 9.97 Å². The fourth-order valence-electron chi connectivity index (χ4n) is 3.39. The summed E-state index contributed by atoms with van der Waals surface area (Å²) in [6.45, 7) is 0.977. The van der Waals surface area contributed by atoms with Crippen molar-refractivity contribution in [2.75, 3.05) is 17.6 Å². The first-order chi connectivity index (χ1) is 9.70. The van der Waals surface area contributed by atoms with Crippen LogP contribution in [0.15, 0.2) is 6.07 Å². The van der Waals surface area contributed by atoms with Crippen LogP contribution in [0.5, 0.6) is 0 Å². The molecule has 3 rings (SSSR count). The van der Waals surface area contributed by atoms with Crippen LogP contribution in [0.1, 0.15) is 56.6 Å². The van der Waals surface area contributed by atoms with E-state index < -0.39 is 0 Å². The summed E-state index contributed by atoms with van der Waals surface area (Å²) in [5.41, 5.74) is 12.7. The first kappa shape index (κ1) is 13.6. The lowest BCUT2D eigenvalue weighted by molar-refractivity contribution is 0.345. The van der Waals surface area contributed by atoms with Crippen molar-refractivity contribution >= 4 is 11.8 Å². The molecule has 1 aromatic rings. The van der Waals surface area contributed by atoms with Crippen LogP contribution in [-0.4, -0.2) is 22.6 Å². The molecule has 0 saturated heterocycles. The first-order valence-corrected chi connectivity index (χ1v) is 7.84. The quantitative estimate of drug-likeness (QED) is 0.767. The van der Waals surface area contributed by atoms with Crippen LogP contribution < -0.4 is 16.8 Å². The van der Waals surface area contributed by atoms with Crippen molar-refractivity contribution in [1.29, 1.82) is 0 Å². The molecule has 0 atom stereocenters. The topological polar surface area (TPSA) is 89.8 Å². The second kappa shape index (κ2) is 5.95. The number of nitrogen functional groups attached to an aromatic ring is 1. The highest BCUT2D eigenvalue weighted by Gasteiger charge is 2.29. The minimum Gasteiger partial charge on any atom is -0.370 e. The van der Waals surface area contributed by atoms with E-state index in [9.17, 15) is 0 Å². The van der Waals surface area contributed by atoms with E-state index >= 15 is 0 Å². The van der Waals surface area contributed by atoms with Gasteiger partial charge in [-0.15, -0.1) is 0 Å². The average molecular weight is 275 g/mol. The molecular formula is C15H25N5. The third-order valence-electron chi connectivity index (χ3n) is 4.69. The van der Waals surface area contributed by atoms with Gasteiger partial charge in [-0.3, -0.25) is 0 Å². The van der Waals surface area contributed by atoms with Gasteiger partial charge in [0.25, 0.3) is 0 Å². The second-order valence-electron chi connectivity index (χ2n) is 6.33. The van der Waals surface area contributed by atoms with Gasteiger partial charge in [-0.05, 0) is 25.2 Å². The molecule has 0 aliphatic heterocycles. The number of nitrogens with one attached hydrogen (secondary N) is 1. The average Bonchev–Trinajstić information content (AvgIpc) is 2.87. The Morgan fingerprint density at radius 3 is 2.65 bits per heavy atom. The van der Waals surface area contributed by atoms with E-state index in [1.165, 1.54) is 32.1 Å². The van der Waals surface area contributed by atoms with Gasteiger partial charge >= 0.3 is 0 Å². The van der Waals surface area contributed by atoms with Crippen molar-refractivity contribution in [3.05, 3.63) is 11.8 Å². The summed E-state index contributed by atoms with van der Waals surface area (Å²) in [5.74, 6) is 2.59. The number of rotatable bonds is 5. The molecule has 2 aliphatic carbocycles. The Bertz CT molecular complexity index is 450. The summed E-state index contributed by atoms with van der Waals surface area (Å²) >= 11 is 0. The van der Waals surface area contributed by atoms with Gasteiger partial charge in [0.15, 0.2) is 0 Å². The van der Waals surface area contributed by atoms with Crippen molar-refractivity contribution in [3.63, 3.8) is 0 Å². The van der Waals surface area contributed by atoms with Gasteiger partial charge in [0.1, 0.15) is 5.82 Å². The predicted octanol–water partition coefficient (Wildman–Crippen LogP) is 2.26. The fourth-order valence-corrected chi connectivity index (χ4v) is 3.39. The first-order valence-electron chi connectivity index (χ1n) is 7.84. The highest BCUT2D eigenvalue weighted by molar-refractivity contribution is 5.42. The number of hydrogen-bond donors (Lipinski definition) is 3. The van der Waals surface area contributed by atoms with Crippen LogP contribution in [0.2, 0.25) is 0 Å². The van der Waals surface area contributed by atoms with Gasteiger partial charge in [0.2, 0.25) is 5.95 Å². The van der Waals surface area contributed by atoms with Crippen LogP contribution in [0.3, 0.4) is 0 Å². The lowest BCUT2D eigenvalue weighted by atomic mass is 9.78. The Labute approximate surface area is 120 Å². The number of nitrogens with zero attached hydrogens (tertiary/aromatic N) is 2. The molecule has 2 fully saturated rings. The minimum atomic E-state index is 0.329. The van der Waals surface area contributed by atoms with Crippen LogP contribution in [0.25, 0.3) is 0 Å². The number of hydrogen-bond acceptors (Lipinski definition) is 5. The van der Waals surface area contributed by atoms with Crippen molar-refractivity contribution < 1.29 is 0 Å². The zero-order valence-electron chi connectivity index (χ0n) is 12.0. The van der Waals surface area contributed by atoms with E-state index in [1.54, 1.807) is 0 Å². The van der Waals surface area contributed by atoms with E-state index in [0.29, 0.717) is 17.9 Å². The highest BCUT2D eigenvalue weighted by Crippen LogP contribution is 2.35. The Balaban J connectivity index is 1.55. The van der Waals surface area contributed by atoms with Crippen molar-refractivity contribution in [2.45, 2.75) is 56.9 Å². The molecule has 0 spiro atoms. The molecule has 1 aromatic heterocycles. The molecule has 0 bridgehead atoms. The van der Waals surface area contributed by atoms with Crippen LogP contribution in [0.4, 0.5) is 11.8 Å². The van der Waals surface area contributed by atoms with Crippen molar-refractivity contribution in [2.24, 2.45) is 11.7 Å². The molecule has 2 aliphatic rings. The van der Waals surface area contributed by atoms with Crippen LogP contribution in [0, 0.1) is 5.92 Å². The van der Waals surface area contributed by atoms with Gasteiger partial charge in [-0.2, -0.15) is 4.98 Å². The molecule has 5 heteroatoms. The largest absolute Gasteiger partial charge is 0.370 e.